The topological polar surface area (TPSA) is 145 Å². The summed E-state index contributed by atoms with van der Waals surface area (Å²) in [5, 5.41) is 18.4. The number of nitrogen functional groups attached to an aromatic ring is 2. The largest absolute Gasteiger partial charge is 0.394 e. The van der Waals surface area contributed by atoms with Gasteiger partial charge in [0, 0.05) is 6.42 Å². The Morgan fingerprint density at radius 2 is 2.15 bits per heavy atom. The van der Waals surface area contributed by atoms with Gasteiger partial charge in [0.1, 0.15) is 11.7 Å². The first-order chi connectivity index (χ1) is 9.52. The third-order valence-electron chi connectivity index (χ3n) is 2.72. The van der Waals surface area contributed by atoms with Gasteiger partial charge >= 0.3 is 0 Å². The average molecular weight is 282 g/mol. The lowest BCUT2D eigenvalue weighted by Crippen LogP contribution is -2.19. The Morgan fingerprint density at radius 3 is 2.80 bits per heavy atom. The second kappa shape index (κ2) is 5.99. The van der Waals surface area contributed by atoms with E-state index in [9.17, 15) is 5.11 Å². The van der Waals surface area contributed by atoms with E-state index in [1.807, 2.05) is 0 Å². The molecule has 6 N–H and O–H groups in total. The van der Waals surface area contributed by atoms with Crippen LogP contribution in [-0.4, -0.2) is 49.0 Å². The summed E-state index contributed by atoms with van der Waals surface area (Å²) in [5.41, 5.74) is 12.2. The molecule has 2 atom stereocenters. The summed E-state index contributed by atoms with van der Waals surface area (Å²) in [5.74, 6) is 0.221. The maximum absolute atomic E-state index is 9.54. The van der Waals surface area contributed by atoms with Crippen LogP contribution in [0.2, 0.25) is 0 Å². The normalized spacial score (nSPS) is 14.6. The molecule has 0 aliphatic carbocycles. The highest BCUT2D eigenvalue weighted by molar-refractivity contribution is 5.82. The summed E-state index contributed by atoms with van der Waals surface area (Å²) in [7, 11) is 0. The van der Waals surface area contributed by atoms with Crippen molar-refractivity contribution in [3.63, 3.8) is 0 Å². The van der Waals surface area contributed by atoms with Crippen LogP contribution in [0.25, 0.3) is 11.2 Å². The summed E-state index contributed by atoms with van der Waals surface area (Å²) in [4.78, 5) is 12.1. The van der Waals surface area contributed by atoms with E-state index >= 15 is 0 Å². The molecule has 0 saturated heterocycles. The highest BCUT2D eigenvalue weighted by Crippen LogP contribution is 2.24. The van der Waals surface area contributed by atoms with Crippen molar-refractivity contribution in [1.29, 1.82) is 0 Å². The molecular weight excluding hydrogens is 264 g/mol. The Kier molecular flexibility index (Phi) is 4.32. The third-order valence-corrected chi connectivity index (χ3v) is 2.72. The van der Waals surface area contributed by atoms with Crippen LogP contribution in [0.4, 0.5) is 11.8 Å². The fourth-order valence-electron chi connectivity index (χ4n) is 1.91. The molecule has 0 fully saturated rings. The van der Waals surface area contributed by atoms with E-state index in [-0.39, 0.29) is 25.0 Å². The molecule has 0 amide bonds. The highest BCUT2D eigenvalue weighted by Gasteiger charge is 2.19. The zero-order chi connectivity index (χ0) is 14.7. The van der Waals surface area contributed by atoms with E-state index in [4.69, 9.17) is 21.3 Å². The number of hydrogen-bond donors (Lipinski definition) is 4. The van der Waals surface area contributed by atoms with E-state index in [1.165, 1.54) is 6.33 Å². The van der Waals surface area contributed by atoms with Gasteiger partial charge in [0.25, 0.3) is 0 Å². The maximum Gasteiger partial charge on any atom is 0.224 e. The van der Waals surface area contributed by atoms with Gasteiger partial charge in [-0.2, -0.15) is 9.97 Å². The number of aliphatic hydroxyl groups excluding tert-OH is 2. The molecule has 2 aromatic heterocycles. The molecule has 110 valence electrons. The van der Waals surface area contributed by atoms with Crippen molar-refractivity contribution in [1.82, 2.24) is 19.5 Å². The second-order valence-corrected chi connectivity index (χ2v) is 4.42. The highest BCUT2D eigenvalue weighted by atomic mass is 16.5. The minimum absolute atomic E-state index is 0.0368. The van der Waals surface area contributed by atoms with Crippen LogP contribution < -0.4 is 11.5 Å². The summed E-state index contributed by atoms with van der Waals surface area (Å²) in [6, 6.07) is 0. The number of fused-ring (bicyclic) bond motifs is 1. The Balaban J connectivity index is 2.41. The zero-order valence-electron chi connectivity index (χ0n) is 11.1. The maximum atomic E-state index is 9.54. The first kappa shape index (κ1) is 14.4. The van der Waals surface area contributed by atoms with Gasteiger partial charge in [-0.3, -0.25) is 4.57 Å². The molecular formula is C11H18N6O3. The fourth-order valence-corrected chi connectivity index (χ4v) is 1.91. The number of anilines is 2. The Bertz CT molecular complexity index is 585. The first-order valence-electron chi connectivity index (χ1n) is 6.19. The van der Waals surface area contributed by atoms with Gasteiger partial charge in [0.2, 0.25) is 5.95 Å². The molecule has 0 aromatic carbocycles. The monoisotopic (exact) mass is 282 g/mol. The van der Waals surface area contributed by atoms with Crippen molar-refractivity contribution in [3.8, 4) is 0 Å². The van der Waals surface area contributed by atoms with Gasteiger partial charge in [0.15, 0.2) is 11.5 Å². The molecule has 2 aromatic rings. The summed E-state index contributed by atoms with van der Waals surface area (Å²) >= 11 is 0. The molecule has 20 heavy (non-hydrogen) atoms. The minimum Gasteiger partial charge on any atom is -0.394 e. The van der Waals surface area contributed by atoms with Crippen molar-refractivity contribution in [2.45, 2.75) is 25.7 Å². The first-order valence-corrected chi connectivity index (χ1v) is 6.19. The summed E-state index contributed by atoms with van der Waals surface area (Å²) < 4.78 is 7.12. The Labute approximate surface area is 115 Å². The molecule has 9 nitrogen and oxygen atoms in total. The van der Waals surface area contributed by atoms with Crippen molar-refractivity contribution >= 4 is 22.9 Å². The van der Waals surface area contributed by atoms with E-state index in [0.29, 0.717) is 17.6 Å². The van der Waals surface area contributed by atoms with E-state index in [0.717, 1.165) is 0 Å². The molecule has 2 unspecified atom stereocenters. The van der Waals surface area contributed by atoms with Gasteiger partial charge in [-0.1, -0.05) is 0 Å². The lowest BCUT2D eigenvalue weighted by Gasteiger charge is -2.20. The average Bonchev–Trinajstić information content (AvgIpc) is 2.78. The van der Waals surface area contributed by atoms with Crippen molar-refractivity contribution in [3.05, 3.63) is 6.33 Å². The lowest BCUT2D eigenvalue weighted by atomic mass is 10.2. The smallest absolute Gasteiger partial charge is 0.224 e. The number of rotatable bonds is 6. The molecule has 2 heterocycles. The number of nitrogens with zero attached hydrogens (tertiary/aromatic N) is 4. The van der Waals surface area contributed by atoms with Crippen LogP contribution in [0.1, 0.15) is 19.6 Å². The molecule has 9 heteroatoms. The quantitative estimate of drug-likeness (QED) is 0.542. The van der Waals surface area contributed by atoms with Crippen LogP contribution in [0, 0.1) is 0 Å². The minimum atomic E-state index is -0.590. The number of ether oxygens (including phenoxy) is 1. The van der Waals surface area contributed by atoms with Crippen LogP contribution >= 0.6 is 0 Å². The van der Waals surface area contributed by atoms with Gasteiger partial charge in [-0.05, 0) is 6.92 Å². The lowest BCUT2D eigenvalue weighted by molar-refractivity contribution is -0.0382. The Hall–Kier alpha value is -1.97. The molecule has 0 aliphatic heterocycles. The van der Waals surface area contributed by atoms with Crippen molar-refractivity contribution in [2.24, 2.45) is 0 Å². The second-order valence-electron chi connectivity index (χ2n) is 4.42. The van der Waals surface area contributed by atoms with Crippen LogP contribution in [0.3, 0.4) is 0 Å². The molecule has 0 bridgehead atoms. The number of imidazole rings is 1. The Morgan fingerprint density at radius 1 is 1.40 bits per heavy atom. The van der Waals surface area contributed by atoms with Crippen molar-refractivity contribution < 1.29 is 14.9 Å². The predicted octanol–water partition coefficient (Wildman–Crippen LogP) is -0.731. The number of aromatic nitrogens is 4. The summed E-state index contributed by atoms with van der Waals surface area (Å²) in [6.45, 7) is 1.65. The number of nitrogens with two attached hydrogens (primary N) is 2. The number of hydrogen-bond acceptors (Lipinski definition) is 8. The SMILES string of the molecule is CC(O)CC(OCCO)n1cnc2c(N)nc(N)nc21. The molecule has 0 aliphatic rings. The predicted molar refractivity (Wildman–Crippen MR) is 72.5 cm³/mol. The van der Waals surface area contributed by atoms with Gasteiger partial charge in [-0.25, -0.2) is 4.98 Å². The fraction of sp³-hybridized carbons (Fsp3) is 0.545. The molecule has 0 spiro atoms. The molecule has 2 rings (SSSR count). The van der Waals surface area contributed by atoms with Crippen LogP contribution in [0.15, 0.2) is 6.33 Å². The van der Waals surface area contributed by atoms with Gasteiger partial charge < -0.3 is 26.4 Å². The molecule has 0 saturated carbocycles. The zero-order valence-corrected chi connectivity index (χ0v) is 11.1. The standard InChI is InChI=1S/C11H18N6O3/c1-6(19)4-7(20-3-2-18)17-5-14-8-9(12)15-11(13)16-10(8)17/h5-7,18-19H,2-4H2,1H3,(H4,12,13,15,16). The third kappa shape index (κ3) is 2.95. The summed E-state index contributed by atoms with van der Waals surface area (Å²) in [6.07, 6.45) is 0.697. The number of aliphatic hydroxyl groups is 2. The van der Waals surface area contributed by atoms with Crippen LogP contribution in [-0.2, 0) is 4.74 Å². The van der Waals surface area contributed by atoms with E-state index in [1.54, 1.807) is 11.5 Å². The van der Waals surface area contributed by atoms with Gasteiger partial charge in [-0.15, -0.1) is 0 Å². The molecule has 0 radical (unpaired) electrons. The van der Waals surface area contributed by atoms with Crippen molar-refractivity contribution in [2.75, 3.05) is 24.7 Å². The van der Waals surface area contributed by atoms with Crippen LogP contribution in [0.5, 0.6) is 0 Å². The van der Waals surface area contributed by atoms with E-state index in [2.05, 4.69) is 15.0 Å². The van der Waals surface area contributed by atoms with Gasteiger partial charge in [0.05, 0.1) is 25.6 Å². The van der Waals surface area contributed by atoms with E-state index < -0.39 is 12.3 Å².